The number of hydrogen-bond acceptors (Lipinski definition) is 5. The number of urea groups is 1. The van der Waals surface area contributed by atoms with E-state index in [9.17, 15) is 14.4 Å². The van der Waals surface area contributed by atoms with Crippen molar-refractivity contribution in [1.29, 1.82) is 0 Å². The van der Waals surface area contributed by atoms with Gasteiger partial charge in [-0.15, -0.1) is 11.3 Å². The zero-order valence-electron chi connectivity index (χ0n) is 12.9. The number of imide groups is 1. The van der Waals surface area contributed by atoms with Crippen molar-refractivity contribution in [2.75, 3.05) is 13.2 Å². The molecule has 22 heavy (non-hydrogen) atoms. The van der Waals surface area contributed by atoms with Crippen molar-refractivity contribution < 1.29 is 19.1 Å². The van der Waals surface area contributed by atoms with Crippen molar-refractivity contribution in [1.82, 2.24) is 10.6 Å². The Labute approximate surface area is 134 Å². The molecular weight excluding hydrogens is 304 g/mol. The van der Waals surface area contributed by atoms with Gasteiger partial charge in [0, 0.05) is 11.4 Å². The number of aryl methyl sites for hydroxylation is 1. The fourth-order valence-corrected chi connectivity index (χ4v) is 2.29. The van der Waals surface area contributed by atoms with E-state index in [1.54, 1.807) is 11.3 Å². The van der Waals surface area contributed by atoms with Crippen molar-refractivity contribution >= 4 is 29.2 Å². The van der Waals surface area contributed by atoms with Gasteiger partial charge in [-0.3, -0.25) is 14.9 Å². The summed E-state index contributed by atoms with van der Waals surface area (Å²) >= 11 is 1.57. The summed E-state index contributed by atoms with van der Waals surface area (Å²) in [5.74, 6) is -0.615. The molecule has 3 amide bonds. The van der Waals surface area contributed by atoms with E-state index in [2.05, 4.69) is 10.6 Å². The van der Waals surface area contributed by atoms with Crippen molar-refractivity contribution in [2.45, 2.75) is 33.1 Å². The van der Waals surface area contributed by atoms with Crippen LogP contribution in [0.1, 0.15) is 31.6 Å². The molecule has 122 valence electrons. The maximum atomic E-state index is 11.5. The number of hydrogen-bond donors (Lipinski definition) is 2. The summed E-state index contributed by atoms with van der Waals surface area (Å²) in [6.45, 7) is 4.14. The molecule has 0 saturated heterocycles. The lowest BCUT2D eigenvalue weighted by Gasteiger charge is -2.08. The standard InChI is InChI=1S/C15H22N2O4S/c1-11(2)7-8-16-15(20)17-13(18)10-21-14(19)6-5-12-4-3-9-22-12/h3-4,9,11H,5-8,10H2,1-2H3,(H2,16,17,18,20). The minimum Gasteiger partial charge on any atom is -0.456 e. The van der Waals surface area contributed by atoms with Gasteiger partial charge < -0.3 is 10.1 Å². The molecule has 0 bridgehead atoms. The number of nitrogens with one attached hydrogen (secondary N) is 2. The number of esters is 1. The van der Waals surface area contributed by atoms with Crippen LogP contribution in [0.15, 0.2) is 17.5 Å². The van der Waals surface area contributed by atoms with Gasteiger partial charge in [0.05, 0.1) is 6.42 Å². The van der Waals surface area contributed by atoms with Crippen molar-refractivity contribution in [3.05, 3.63) is 22.4 Å². The number of ether oxygens (including phenoxy) is 1. The Morgan fingerprint density at radius 3 is 2.73 bits per heavy atom. The molecule has 0 spiro atoms. The maximum absolute atomic E-state index is 11.5. The van der Waals surface area contributed by atoms with Gasteiger partial charge in [0.1, 0.15) is 0 Å². The first-order valence-corrected chi connectivity index (χ1v) is 8.11. The first kappa shape index (κ1) is 18.2. The Hall–Kier alpha value is -1.89. The molecule has 0 saturated carbocycles. The molecular formula is C15H22N2O4S. The number of thiophene rings is 1. The Balaban J connectivity index is 2.11. The van der Waals surface area contributed by atoms with E-state index in [4.69, 9.17) is 4.74 Å². The molecule has 2 N–H and O–H groups in total. The molecule has 6 nitrogen and oxygen atoms in total. The van der Waals surface area contributed by atoms with E-state index in [1.165, 1.54) is 0 Å². The molecule has 7 heteroatoms. The molecule has 0 aromatic carbocycles. The predicted octanol–water partition coefficient (Wildman–Crippen LogP) is 2.10. The van der Waals surface area contributed by atoms with Crippen LogP contribution in [0.3, 0.4) is 0 Å². The highest BCUT2D eigenvalue weighted by Crippen LogP contribution is 2.11. The summed E-state index contributed by atoms with van der Waals surface area (Å²) in [6, 6.07) is 3.28. The Kier molecular flexibility index (Phi) is 8.21. The van der Waals surface area contributed by atoms with Crippen LogP contribution in [0.4, 0.5) is 4.79 Å². The van der Waals surface area contributed by atoms with E-state index in [0.29, 0.717) is 18.9 Å². The van der Waals surface area contributed by atoms with Gasteiger partial charge in [-0.05, 0) is 30.2 Å². The minimum absolute atomic E-state index is 0.217. The van der Waals surface area contributed by atoms with Crippen LogP contribution >= 0.6 is 11.3 Å². The van der Waals surface area contributed by atoms with Crippen LogP contribution < -0.4 is 10.6 Å². The highest BCUT2D eigenvalue weighted by Gasteiger charge is 2.11. The van der Waals surface area contributed by atoms with Crippen LogP contribution in [0.5, 0.6) is 0 Å². The Morgan fingerprint density at radius 2 is 2.09 bits per heavy atom. The Bertz CT molecular complexity index is 486. The molecule has 1 aromatic rings. The monoisotopic (exact) mass is 326 g/mol. The van der Waals surface area contributed by atoms with Crippen LogP contribution in [0.25, 0.3) is 0 Å². The normalized spacial score (nSPS) is 10.3. The number of carbonyl (C=O) groups excluding carboxylic acids is 3. The van der Waals surface area contributed by atoms with Gasteiger partial charge in [-0.2, -0.15) is 0 Å². The third kappa shape index (κ3) is 8.41. The molecule has 0 fully saturated rings. The summed E-state index contributed by atoms with van der Waals surface area (Å²) in [7, 11) is 0. The molecule has 0 aliphatic carbocycles. The quantitative estimate of drug-likeness (QED) is 0.717. The third-order valence-corrected chi connectivity index (χ3v) is 3.72. The zero-order valence-corrected chi connectivity index (χ0v) is 13.7. The second-order valence-corrected chi connectivity index (χ2v) is 6.26. The summed E-state index contributed by atoms with van der Waals surface area (Å²) in [4.78, 5) is 35.4. The summed E-state index contributed by atoms with van der Waals surface area (Å²) in [6.07, 6.45) is 1.64. The van der Waals surface area contributed by atoms with Crippen molar-refractivity contribution in [3.63, 3.8) is 0 Å². The van der Waals surface area contributed by atoms with Gasteiger partial charge in [-0.25, -0.2) is 4.79 Å². The summed E-state index contributed by atoms with van der Waals surface area (Å²) in [5.41, 5.74) is 0. The van der Waals surface area contributed by atoms with Gasteiger partial charge in [0.15, 0.2) is 6.61 Å². The second-order valence-electron chi connectivity index (χ2n) is 5.23. The second kappa shape index (κ2) is 9.94. The van der Waals surface area contributed by atoms with Gasteiger partial charge >= 0.3 is 12.0 Å². The van der Waals surface area contributed by atoms with E-state index < -0.39 is 24.5 Å². The average molecular weight is 326 g/mol. The SMILES string of the molecule is CC(C)CCNC(=O)NC(=O)COC(=O)CCc1cccs1. The number of amides is 3. The fourth-order valence-electron chi connectivity index (χ4n) is 1.58. The molecule has 0 atom stereocenters. The highest BCUT2D eigenvalue weighted by molar-refractivity contribution is 7.09. The van der Waals surface area contributed by atoms with Crippen LogP contribution in [-0.4, -0.2) is 31.1 Å². The van der Waals surface area contributed by atoms with Crippen LogP contribution in [-0.2, 0) is 20.7 Å². The van der Waals surface area contributed by atoms with Gasteiger partial charge in [-0.1, -0.05) is 19.9 Å². The van der Waals surface area contributed by atoms with E-state index in [1.807, 2.05) is 31.4 Å². The lowest BCUT2D eigenvalue weighted by atomic mass is 10.1. The first-order chi connectivity index (χ1) is 10.5. The van der Waals surface area contributed by atoms with Crippen molar-refractivity contribution in [2.24, 2.45) is 5.92 Å². The molecule has 0 aliphatic rings. The molecule has 0 unspecified atom stereocenters. The molecule has 0 radical (unpaired) electrons. The minimum atomic E-state index is -0.633. The third-order valence-electron chi connectivity index (χ3n) is 2.78. The summed E-state index contributed by atoms with van der Waals surface area (Å²) in [5, 5.41) is 6.62. The number of carbonyl (C=O) groups is 3. The van der Waals surface area contributed by atoms with Crippen LogP contribution in [0, 0.1) is 5.92 Å². The Morgan fingerprint density at radius 1 is 1.32 bits per heavy atom. The predicted molar refractivity (Wildman–Crippen MR) is 84.6 cm³/mol. The largest absolute Gasteiger partial charge is 0.456 e. The van der Waals surface area contributed by atoms with E-state index >= 15 is 0 Å². The van der Waals surface area contributed by atoms with Gasteiger partial charge in [0.25, 0.3) is 5.91 Å². The van der Waals surface area contributed by atoms with E-state index in [-0.39, 0.29) is 6.42 Å². The van der Waals surface area contributed by atoms with Crippen molar-refractivity contribution in [3.8, 4) is 0 Å². The number of rotatable bonds is 8. The average Bonchev–Trinajstić information content (AvgIpc) is 2.95. The topological polar surface area (TPSA) is 84.5 Å². The molecule has 0 aliphatic heterocycles. The fraction of sp³-hybridized carbons (Fsp3) is 0.533. The maximum Gasteiger partial charge on any atom is 0.321 e. The lowest BCUT2D eigenvalue weighted by Crippen LogP contribution is -2.42. The lowest BCUT2D eigenvalue weighted by molar-refractivity contribution is -0.148. The molecule has 1 aromatic heterocycles. The van der Waals surface area contributed by atoms with E-state index in [0.717, 1.165) is 11.3 Å². The zero-order chi connectivity index (χ0) is 16.4. The summed E-state index contributed by atoms with van der Waals surface area (Å²) < 4.78 is 4.82. The van der Waals surface area contributed by atoms with Gasteiger partial charge in [0.2, 0.25) is 0 Å². The first-order valence-electron chi connectivity index (χ1n) is 7.23. The smallest absolute Gasteiger partial charge is 0.321 e. The molecule has 1 rings (SSSR count). The van der Waals surface area contributed by atoms with Crippen LogP contribution in [0.2, 0.25) is 0 Å². The molecule has 1 heterocycles. The highest BCUT2D eigenvalue weighted by atomic mass is 32.1.